The molecule has 2 heterocycles. The highest BCUT2D eigenvalue weighted by molar-refractivity contribution is 7.98. The zero-order valence-corrected chi connectivity index (χ0v) is 16.7. The summed E-state index contributed by atoms with van der Waals surface area (Å²) in [6.07, 6.45) is 0.764. The van der Waals surface area contributed by atoms with Crippen molar-refractivity contribution in [2.75, 3.05) is 0 Å². The SMILES string of the molecule is CCn1c(Cc2ccccc2)nnc1SCc1nc(-c2ccc(C)cc2)no1. The Morgan fingerprint density at radius 2 is 1.79 bits per heavy atom. The van der Waals surface area contributed by atoms with Crippen molar-refractivity contribution in [3.05, 3.63) is 77.4 Å². The van der Waals surface area contributed by atoms with Gasteiger partial charge in [-0.3, -0.25) is 0 Å². The fourth-order valence-corrected chi connectivity index (χ4v) is 3.77. The van der Waals surface area contributed by atoms with Gasteiger partial charge in [-0.2, -0.15) is 4.98 Å². The van der Waals surface area contributed by atoms with E-state index >= 15 is 0 Å². The highest BCUT2D eigenvalue weighted by Crippen LogP contribution is 2.24. The van der Waals surface area contributed by atoms with Crippen LogP contribution in [0.2, 0.25) is 0 Å². The first-order chi connectivity index (χ1) is 13.7. The minimum Gasteiger partial charge on any atom is -0.338 e. The van der Waals surface area contributed by atoms with E-state index in [1.807, 2.05) is 42.5 Å². The van der Waals surface area contributed by atoms with Crippen molar-refractivity contribution in [2.24, 2.45) is 0 Å². The molecule has 28 heavy (non-hydrogen) atoms. The van der Waals surface area contributed by atoms with Crippen LogP contribution in [0.25, 0.3) is 11.4 Å². The average molecular weight is 392 g/mol. The van der Waals surface area contributed by atoms with Gasteiger partial charge in [-0.25, -0.2) is 0 Å². The van der Waals surface area contributed by atoms with Gasteiger partial charge in [0, 0.05) is 18.5 Å². The van der Waals surface area contributed by atoms with Crippen molar-refractivity contribution in [1.82, 2.24) is 24.9 Å². The van der Waals surface area contributed by atoms with Gasteiger partial charge in [-0.15, -0.1) is 10.2 Å². The second-order valence-electron chi connectivity index (χ2n) is 6.47. The molecule has 0 atom stereocenters. The maximum Gasteiger partial charge on any atom is 0.237 e. The molecule has 142 valence electrons. The molecule has 0 saturated carbocycles. The van der Waals surface area contributed by atoms with Gasteiger partial charge < -0.3 is 9.09 Å². The fraction of sp³-hybridized carbons (Fsp3) is 0.238. The average Bonchev–Trinajstić information content (AvgIpc) is 3.34. The first kappa shape index (κ1) is 18.4. The lowest BCUT2D eigenvalue weighted by atomic mass is 10.1. The maximum absolute atomic E-state index is 5.41. The number of hydrogen-bond acceptors (Lipinski definition) is 6. The van der Waals surface area contributed by atoms with Crippen molar-refractivity contribution in [2.45, 2.75) is 37.7 Å². The molecule has 4 aromatic rings. The highest BCUT2D eigenvalue weighted by Gasteiger charge is 2.14. The molecule has 0 saturated heterocycles. The third-order valence-electron chi connectivity index (χ3n) is 4.42. The van der Waals surface area contributed by atoms with Crippen molar-refractivity contribution >= 4 is 11.8 Å². The molecule has 0 unspecified atom stereocenters. The third-order valence-corrected chi connectivity index (χ3v) is 5.37. The van der Waals surface area contributed by atoms with Gasteiger partial charge in [0.15, 0.2) is 5.16 Å². The van der Waals surface area contributed by atoms with Crippen molar-refractivity contribution in [1.29, 1.82) is 0 Å². The minimum absolute atomic E-state index is 0.558. The Kier molecular flexibility index (Phi) is 5.53. The molecule has 0 spiro atoms. The predicted octanol–water partition coefficient (Wildman–Crippen LogP) is 4.54. The molecule has 6 nitrogen and oxygen atoms in total. The van der Waals surface area contributed by atoms with Gasteiger partial charge in [-0.1, -0.05) is 77.1 Å². The number of rotatable bonds is 7. The van der Waals surface area contributed by atoms with E-state index in [1.54, 1.807) is 11.8 Å². The van der Waals surface area contributed by atoms with Gasteiger partial charge in [0.2, 0.25) is 11.7 Å². The molecule has 0 amide bonds. The normalized spacial score (nSPS) is 11.1. The molecule has 2 aromatic carbocycles. The van der Waals surface area contributed by atoms with Crippen LogP contribution in [-0.2, 0) is 18.7 Å². The number of hydrogen-bond donors (Lipinski definition) is 0. The van der Waals surface area contributed by atoms with Gasteiger partial charge in [0.1, 0.15) is 5.82 Å². The van der Waals surface area contributed by atoms with Gasteiger partial charge in [-0.05, 0) is 19.4 Å². The summed E-state index contributed by atoms with van der Waals surface area (Å²) in [6, 6.07) is 18.4. The largest absolute Gasteiger partial charge is 0.338 e. The van der Waals surface area contributed by atoms with Crippen molar-refractivity contribution in [3.8, 4) is 11.4 Å². The van der Waals surface area contributed by atoms with E-state index in [1.165, 1.54) is 11.1 Å². The lowest BCUT2D eigenvalue weighted by Gasteiger charge is -2.06. The zero-order chi connectivity index (χ0) is 19.3. The smallest absolute Gasteiger partial charge is 0.237 e. The molecular formula is C21H21N5OS. The van der Waals surface area contributed by atoms with Crippen LogP contribution in [0.4, 0.5) is 0 Å². The predicted molar refractivity (Wildman–Crippen MR) is 109 cm³/mol. The summed E-state index contributed by atoms with van der Waals surface area (Å²) in [5, 5.41) is 13.7. The Labute approximate surface area is 168 Å². The monoisotopic (exact) mass is 391 g/mol. The molecule has 0 bridgehead atoms. The molecule has 0 aliphatic carbocycles. The van der Waals surface area contributed by atoms with Crippen LogP contribution >= 0.6 is 11.8 Å². The third kappa shape index (κ3) is 4.14. The van der Waals surface area contributed by atoms with E-state index in [-0.39, 0.29) is 0 Å². The molecule has 0 aliphatic rings. The van der Waals surface area contributed by atoms with E-state index in [0.29, 0.717) is 17.5 Å². The summed E-state index contributed by atoms with van der Waals surface area (Å²) in [5.74, 6) is 2.71. The fourth-order valence-electron chi connectivity index (χ4n) is 2.91. The Morgan fingerprint density at radius 3 is 2.54 bits per heavy atom. The van der Waals surface area contributed by atoms with E-state index in [0.717, 1.165) is 29.5 Å². The van der Waals surface area contributed by atoms with Crippen LogP contribution < -0.4 is 0 Å². The number of thioether (sulfide) groups is 1. The van der Waals surface area contributed by atoms with Crippen LogP contribution in [0, 0.1) is 6.92 Å². The molecule has 4 rings (SSSR count). The zero-order valence-electron chi connectivity index (χ0n) is 15.9. The number of aromatic nitrogens is 5. The van der Waals surface area contributed by atoms with E-state index in [2.05, 4.69) is 50.9 Å². The van der Waals surface area contributed by atoms with Crippen molar-refractivity contribution < 1.29 is 4.52 Å². The van der Waals surface area contributed by atoms with E-state index in [4.69, 9.17) is 4.52 Å². The maximum atomic E-state index is 5.41. The second-order valence-corrected chi connectivity index (χ2v) is 7.41. The Bertz CT molecular complexity index is 1040. The van der Waals surface area contributed by atoms with E-state index in [9.17, 15) is 0 Å². The van der Waals surface area contributed by atoms with Gasteiger partial charge in [0.25, 0.3) is 0 Å². The number of aryl methyl sites for hydroxylation is 1. The van der Waals surface area contributed by atoms with E-state index < -0.39 is 0 Å². The number of nitrogens with zero attached hydrogens (tertiary/aromatic N) is 5. The molecule has 0 radical (unpaired) electrons. The molecule has 7 heteroatoms. The van der Waals surface area contributed by atoms with Crippen LogP contribution in [0.5, 0.6) is 0 Å². The first-order valence-corrected chi connectivity index (χ1v) is 10.2. The Morgan fingerprint density at radius 1 is 1.00 bits per heavy atom. The lowest BCUT2D eigenvalue weighted by molar-refractivity contribution is 0.391. The van der Waals surface area contributed by atoms with Crippen molar-refractivity contribution in [3.63, 3.8) is 0 Å². The molecule has 0 aliphatic heterocycles. The first-order valence-electron chi connectivity index (χ1n) is 9.21. The summed E-state index contributed by atoms with van der Waals surface area (Å²) in [5.41, 5.74) is 3.38. The quantitative estimate of drug-likeness (QED) is 0.431. The number of benzene rings is 2. The van der Waals surface area contributed by atoms with Crippen LogP contribution in [0.1, 0.15) is 29.8 Å². The van der Waals surface area contributed by atoms with Gasteiger partial charge in [0.05, 0.1) is 5.75 Å². The topological polar surface area (TPSA) is 69.6 Å². The molecule has 0 fully saturated rings. The van der Waals surface area contributed by atoms with Crippen LogP contribution in [0.15, 0.2) is 64.3 Å². The highest BCUT2D eigenvalue weighted by atomic mass is 32.2. The van der Waals surface area contributed by atoms with Crippen LogP contribution in [0.3, 0.4) is 0 Å². The molecule has 2 aromatic heterocycles. The summed E-state index contributed by atoms with van der Waals surface area (Å²) in [4.78, 5) is 4.50. The second kappa shape index (κ2) is 8.39. The molecule has 0 N–H and O–H groups in total. The lowest BCUT2D eigenvalue weighted by Crippen LogP contribution is -2.04. The summed E-state index contributed by atoms with van der Waals surface area (Å²) in [6.45, 7) is 4.97. The molecular weight excluding hydrogens is 370 g/mol. The Hall–Kier alpha value is -2.93. The minimum atomic E-state index is 0.558. The van der Waals surface area contributed by atoms with Crippen LogP contribution in [-0.4, -0.2) is 24.9 Å². The van der Waals surface area contributed by atoms with Gasteiger partial charge >= 0.3 is 0 Å². The Balaban J connectivity index is 1.44. The standard InChI is InChI=1S/C21H21N5OS/c1-3-26-18(13-16-7-5-4-6-8-16)23-24-21(26)28-14-19-22-20(25-27-19)17-11-9-15(2)10-12-17/h4-12H,3,13-14H2,1-2H3. The summed E-state index contributed by atoms with van der Waals surface area (Å²) < 4.78 is 7.54. The summed E-state index contributed by atoms with van der Waals surface area (Å²) >= 11 is 1.56. The summed E-state index contributed by atoms with van der Waals surface area (Å²) in [7, 11) is 0.